The molecule has 0 aliphatic carbocycles. The normalized spacial score (nSPS) is 13.8. The first-order chi connectivity index (χ1) is 9.52. The fraction of sp³-hybridized carbons (Fsp3) is 0.533. The van der Waals surface area contributed by atoms with Gasteiger partial charge >= 0.3 is 0 Å². The third kappa shape index (κ3) is 6.12. The zero-order chi connectivity index (χ0) is 15.0. The number of amides is 1. The Bertz CT molecular complexity index is 425. The van der Waals surface area contributed by atoms with E-state index in [1.807, 2.05) is 13.0 Å². The van der Waals surface area contributed by atoms with Gasteiger partial charge in [-0.25, -0.2) is 4.39 Å². The number of carbonyl (C=O) groups is 1. The first-order valence-corrected chi connectivity index (χ1v) is 6.72. The van der Waals surface area contributed by atoms with E-state index in [-0.39, 0.29) is 24.2 Å². The lowest BCUT2D eigenvalue weighted by Gasteiger charge is -2.13. The Morgan fingerprint density at radius 2 is 2.25 bits per heavy atom. The number of carbonyl (C=O) groups excluding carboxylic acids is 1. The maximum absolute atomic E-state index is 13.1. The lowest BCUT2D eigenvalue weighted by molar-refractivity contribution is -0.121. The summed E-state index contributed by atoms with van der Waals surface area (Å²) in [6.07, 6.45) is 0.179. The van der Waals surface area contributed by atoms with Crippen LogP contribution < -0.4 is 5.32 Å². The third-order valence-electron chi connectivity index (χ3n) is 3.07. The van der Waals surface area contributed by atoms with Crippen LogP contribution in [0.2, 0.25) is 0 Å². The van der Waals surface area contributed by atoms with Crippen LogP contribution in [0.5, 0.6) is 0 Å². The molecule has 2 N–H and O–H groups in total. The van der Waals surface area contributed by atoms with Gasteiger partial charge in [-0.1, -0.05) is 19.1 Å². The average Bonchev–Trinajstić information content (AvgIpc) is 2.39. The molecule has 0 saturated carbocycles. The van der Waals surface area contributed by atoms with E-state index in [1.54, 1.807) is 6.07 Å². The number of halogens is 1. The van der Waals surface area contributed by atoms with E-state index in [0.29, 0.717) is 19.4 Å². The average molecular weight is 283 g/mol. The van der Waals surface area contributed by atoms with E-state index >= 15 is 0 Å². The van der Waals surface area contributed by atoms with Gasteiger partial charge in [-0.15, -0.1) is 0 Å². The second-order valence-corrected chi connectivity index (χ2v) is 4.91. The molecule has 1 aromatic rings. The Morgan fingerprint density at radius 3 is 2.90 bits per heavy atom. The van der Waals surface area contributed by atoms with Gasteiger partial charge in [0.25, 0.3) is 0 Å². The summed E-state index contributed by atoms with van der Waals surface area (Å²) >= 11 is 0. The van der Waals surface area contributed by atoms with Crippen molar-refractivity contribution in [1.82, 2.24) is 5.32 Å². The minimum atomic E-state index is -0.569. The highest BCUT2D eigenvalue weighted by Crippen LogP contribution is 2.19. The minimum absolute atomic E-state index is 0.0467. The zero-order valence-electron chi connectivity index (χ0n) is 11.9. The van der Waals surface area contributed by atoms with Gasteiger partial charge in [0.1, 0.15) is 5.82 Å². The van der Waals surface area contributed by atoms with Gasteiger partial charge in [0.2, 0.25) is 5.91 Å². The summed E-state index contributed by atoms with van der Waals surface area (Å²) in [7, 11) is 1.52. The maximum atomic E-state index is 13.1. The molecule has 5 heteroatoms. The molecule has 1 aromatic carbocycles. The molecule has 0 spiro atoms. The molecule has 0 bridgehead atoms. The van der Waals surface area contributed by atoms with Gasteiger partial charge in [0.15, 0.2) is 0 Å². The lowest BCUT2D eigenvalue weighted by Crippen LogP contribution is -2.29. The van der Waals surface area contributed by atoms with Crippen LogP contribution in [-0.2, 0) is 9.53 Å². The molecule has 1 rings (SSSR count). The molecule has 4 nitrogen and oxygen atoms in total. The van der Waals surface area contributed by atoms with Crippen molar-refractivity contribution in [1.29, 1.82) is 0 Å². The number of benzene rings is 1. The number of rotatable bonds is 8. The molecule has 0 saturated heterocycles. The number of aliphatic hydroxyl groups excluding tert-OH is 1. The first-order valence-electron chi connectivity index (χ1n) is 6.72. The van der Waals surface area contributed by atoms with Crippen LogP contribution in [0.1, 0.15) is 31.2 Å². The highest BCUT2D eigenvalue weighted by atomic mass is 19.1. The molecule has 0 fully saturated rings. The van der Waals surface area contributed by atoms with Gasteiger partial charge in [0.05, 0.1) is 12.7 Å². The van der Waals surface area contributed by atoms with Crippen molar-refractivity contribution in [3.8, 4) is 0 Å². The van der Waals surface area contributed by atoms with E-state index < -0.39 is 6.10 Å². The summed E-state index contributed by atoms with van der Waals surface area (Å²) in [5, 5.41) is 12.2. The molecule has 0 heterocycles. The van der Waals surface area contributed by atoms with Gasteiger partial charge in [-0.3, -0.25) is 4.79 Å². The van der Waals surface area contributed by atoms with Crippen LogP contribution in [0.4, 0.5) is 4.39 Å². The number of hydrogen-bond donors (Lipinski definition) is 2. The maximum Gasteiger partial charge on any atom is 0.220 e. The van der Waals surface area contributed by atoms with Crippen molar-refractivity contribution in [3.05, 3.63) is 35.6 Å². The van der Waals surface area contributed by atoms with Crippen LogP contribution in [0.3, 0.4) is 0 Å². The van der Waals surface area contributed by atoms with Gasteiger partial charge in [0, 0.05) is 20.1 Å². The predicted molar refractivity (Wildman–Crippen MR) is 74.9 cm³/mol. The van der Waals surface area contributed by atoms with Crippen molar-refractivity contribution >= 4 is 5.91 Å². The number of aliphatic hydroxyl groups is 1. The van der Waals surface area contributed by atoms with E-state index in [0.717, 1.165) is 5.56 Å². The topological polar surface area (TPSA) is 58.6 Å². The van der Waals surface area contributed by atoms with Crippen LogP contribution in [0.15, 0.2) is 24.3 Å². The van der Waals surface area contributed by atoms with E-state index in [1.165, 1.54) is 19.2 Å². The lowest BCUT2D eigenvalue weighted by atomic mass is 9.97. The Kier molecular flexibility index (Phi) is 7.18. The second kappa shape index (κ2) is 8.66. The molecule has 20 heavy (non-hydrogen) atoms. The van der Waals surface area contributed by atoms with Crippen LogP contribution in [-0.4, -0.2) is 37.4 Å². The quantitative estimate of drug-likeness (QED) is 0.765. The largest absolute Gasteiger partial charge is 0.391 e. The highest BCUT2D eigenvalue weighted by molar-refractivity contribution is 5.76. The summed E-state index contributed by atoms with van der Waals surface area (Å²) in [5.74, 6) is -0.446. The second-order valence-electron chi connectivity index (χ2n) is 4.91. The molecule has 2 unspecified atom stereocenters. The van der Waals surface area contributed by atoms with Crippen LogP contribution >= 0.6 is 0 Å². The molecule has 0 radical (unpaired) electrons. The molecule has 0 aliphatic rings. The van der Waals surface area contributed by atoms with Crippen LogP contribution in [0.25, 0.3) is 0 Å². The highest BCUT2D eigenvalue weighted by Gasteiger charge is 2.12. The van der Waals surface area contributed by atoms with Gasteiger partial charge in [-0.05, 0) is 30.0 Å². The first kappa shape index (κ1) is 16.6. The monoisotopic (exact) mass is 283 g/mol. The molecule has 112 valence electrons. The fourth-order valence-electron chi connectivity index (χ4n) is 1.94. The van der Waals surface area contributed by atoms with Crippen molar-refractivity contribution in [2.45, 2.75) is 31.8 Å². The fourth-order valence-corrected chi connectivity index (χ4v) is 1.94. The summed E-state index contributed by atoms with van der Waals surface area (Å²) in [5.41, 5.74) is 0.805. The zero-order valence-corrected chi connectivity index (χ0v) is 11.9. The number of methoxy groups -OCH3 is 1. The summed E-state index contributed by atoms with van der Waals surface area (Å²) < 4.78 is 17.9. The molecule has 0 aliphatic heterocycles. The Morgan fingerprint density at radius 1 is 1.50 bits per heavy atom. The molecule has 0 aromatic heterocycles. The van der Waals surface area contributed by atoms with E-state index in [9.17, 15) is 14.3 Å². The third-order valence-corrected chi connectivity index (χ3v) is 3.07. The number of ether oxygens (including phenoxy) is 1. The van der Waals surface area contributed by atoms with Crippen molar-refractivity contribution in [2.24, 2.45) is 0 Å². The Hall–Kier alpha value is -1.46. The molecular formula is C15H22FNO3. The smallest absolute Gasteiger partial charge is 0.220 e. The van der Waals surface area contributed by atoms with E-state index in [4.69, 9.17) is 4.74 Å². The molecule has 2 atom stereocenters. The SMILES string of the molecule is COCC(O)CCNC(=O)CC(C)c1cccc(F)c1. The summed E-state index contributed by atoms with van der Waals surface area (Å²) in [4.78, 5) is 11.7. The Labute approximate surface area is 119 Å². The van der Waals surface area contributed by atoms with Crippen molar-refractivity contribution in [3.63, 3.8) is 0 Å². The Balaban J connectivity index is 2.31. The summed E-state index contributed by atoms with van der Waals surface area (Å²) in [6, 6.07) is 6.28. The van der Waals surface area contributed by atoms with E-state index in [2.05, 4.69) is 5.32 Å². The number of hydrogen-bond acceptors (Lipinski definition) is 3. The number of nitrogens with one attached hydrogen (secondary N) is 1. The van der Waals surface area contributed by atoms with Crippen molar-refractivity contribution < 1.29 is 19.0 Å². The van der Waals surface area contributed by atoms with Crippen LogP contribution in [0, 0.1) is 5.82 Å². The molecular weight excluding hydrogens is 261 g/mol. The van der Waals surface area contributed by atoms with Gasteiger partial charge in [-0.2, -0.15) is 0 Å². The van der Waals surface area contributed by atoms with Gasteiger partial charge < -0.3 is 15.2 Å². The standard InChI is InChI=1S/C15H22FNO3/c1-11(12-4-3-5-13(16)9-12)8-15(19)17-7-6-14(18)10-20-2/h3-5,9,11,14,18H,6-8,10H2,1-2H3,(H,17,19). The predicted octanol–water partition coefficient (Wildman–Crippen LogP) is 1.83. The molecule has 1 amide bonds. The van der Waals surface area contributed by atoms with Crippen molar-refractivity contribution in [2.75, 3.05) is 20.3 Å². The minimum Gasteiger partial charge on any atom is -0.391 e. The summed E-state index contributed by atoms with van der Waals surface area (Å²) in [6.45, 7) is 2.54.